The molecule has 164 valence electrons. The molecule has 2 aliphatic rings. The van der Waals surface area contributed by atoms with Gasteiger partial charge in [0.1, 0.15) is 12.6 Å². The first-order chi connectivity index (χ1) is 14.4. The number of hydrogen-bond donors (Lipinski definition) is 2. The van der Waals surface area contributed by atoms with Crippen molar-refractivity contribution in [1.29, 1.82) is 0 Å². The molecule has 2 atom stereocenters. The zero-order valence-electron chi connectivity index (χ0n) is 17.8. The zero-order chi connectivity index (χ0) is 21.7. The molecule has 1 aromatic rings. The molecule has 0 unspecified atom stereocenters. The van der Waals surface area contributed by atoms with Gasteiger partial charge in [-0.05, 0) is 56.6 Å². The van der Waals surface area contributed by atoms with E-state index in [0.29, 0.717) is 0 Å². The lowest BCUT2D eigenvalue weighted by Gasteiger charge is -2.32. The number of aliphatic carboxylic acids is 1. The molecule has 3 rings (SSSR count). The van der Waals surface area contributed by atoms with Crippen LogP contribution in [0, 0.1) is 5.92 Å². The number of nitrogens with one attached hydrogen (secondary N) is 1. The topological polar surface area (TPSA) is 95.9 Å². The minimum atomic E-state index is -1.02. The summed E-state index contributed by atoms with van der Waals surface area (Å²) in [6, 6.07) is 6.78. The molecule has 0 heterocycles. The van der Waals surface area contributed by atoms with Gasteiger partial charge in [0.05, 0.1) is 12.6 Å². The number of carboxylic acids is 1. The number of amides is 1. The molecule has 0 radical (unpaired) electrons. The number of hydrogen-bond acceptors (Lipinski definition) is 5. The third-order valence-electron chi connectivity index (χ3n) is 6.25. The predicted molar refractivity (Wildman–Crippen MR) is 112 cm³/mol. The molecular weight excluding hydrogens is 384 g/mol. The Morgan fingerprint density at radius 1 is 1.17 bits per heavy atom. The third kappa shape index (κ3) is 5.19. The van der Waals surface area contributed by atoms with Gasteiger partial charge in [0.2, 0.25) is 5.91 Å². The average Bonchev–Trinajstić information content (AvgIpc) is 3.39. The summed E-state index contributed by atoms with van der Waals surface area (Å²) >= 11 is 0. The molecule has 1 amide bonds. The second-order valence-corrected chi connectivity index (χ2v) is 8.35. The van der Waals surface area contributed by atoms with Gasteiger partial charge in [-0.2, -0.15) is 0 Å². The van der Waals surface area contributed by atoms with Crippen LogP contribution in [0.25, 0.3) is 0 Å². The quantitative estimate of drug-likeness (QED) is 0.599. The van der Waals surface area contributed by atoms with Crippen LogP contribution in [-0.4, -0.2) is 59.1 Å². The van der Waals surface area contributed by atoms with Crippen molar-refractivity contribution in [2.24, 2.45) is 5.92 Å². The monoisotopic (exact) mass is 416 g/mol. The van der Waals surface area contributed by atoms with E-state index in [1.165, 1.54) is 16.0 Å². The highest BCUT2D eigenvalue weighted by Gasteiger charge is 2.38. The fraction of sp³-hybridized carbons (Fsp3) is 0.609. The minimum absolute atomic E-state index is 0.00361. The molecule has 2 aliphatic carbocycles. The van der Waals surface area contributed by atoms with Gasteiger partial charge < -0.3 is 14.7 Å². The van der Waals surface area contributed by atoms with Gasteiger partial charge in [0.15, 0.2) is 0 Å². The Kier molecular flexibility index (Phi) is 7.48. The molecule has 0 bridgehead atoms. The molecule has 0 aliphatic heterocycles. The van der Waals surface area contributed by atoms with Gasteiger partial charge in [0, 0.05) is 6.04 Å². The van der Waals surface area contributed by atoms with Crippen molar-refractivity contribution in [3.8, 4) is 0 Å². The number of nitrogens with zero attached hydrogens (tertiary/aromatic N) is 1. The summed E-state index contributed by atoms with van der Waals surface area (Å²) in [5.41, 5.74) is 2.44. The van der Waals surface area contributed by atoms with Crippen LogP contribution in [0.5, 0.6) is 0 Å². The number of benzene rings is 1. The Bertz CT molecular complexity index is 750. The Morgan fingerprint density at radius 2 is 1.77 bits per heavy atom. The lowest BCUT2D eigenvalue weighted by atomic mass is 9.95. The van der Waals surface area contributed by atoms with Crippen molar-refractivity contribution in [2.45, 2.75) is 70.5 Å². The van der Waals surface area contributed by atoms with Crippen LogP contribution in [0.3, 0.4) is 0 Å². The molecular formula is C23H32N2O5. The number of esters is 1. The van der Waals surface area contributed by atoms with E-state index in [9.17, 15) is 19.5 Å². The molecule has 30 heavy (non-hydrogen) atoms. The van der Waals surface area contributed by atoms with Crippen LogP contribution in [0.1, 0.15) is 50.7 Å². The van der Waals surface area contributed by atoms with E-state index in [0.717, 1.165) is 38.5 Å². The van der Waals surface area contributed by atoms with Crippen LogP contribution < -0.4 is 5.32 Å². The highest BCUT2D eigenvalue weighted by molar-refractivity contribution is 5.86. The van der Waals surface area contributed by atoms with Crippen LogP contribution >= 0.6 is 0 Å². The molecule has 0 aromatic heterocycles. The van der Waals surface area contributed by atoms with Crippen molar-refractivity contribution in [3.63, 3.8) is 0 Å². The van der Waals surface area contributed by atoms with Gasteiger partial charge in [0.25, 0.3) is 0 Å². The summed E-state index contributed by atoms with van der Waals surface area (Å²) in [6.07, 6.45) is 5.14. The van der Waals surface area contributed by atoms with Gasteiger partial charge in [-0.3, -0.25) is 19.7 Å². The highest BCUT2D eigenvalue weighted by atomic mass is 16.5. The summed E-state index contributed by atoms with van der Waals surface area (Å²) < 4.78 is 5.30. The Hall–Kier alpha value is -2.41. The average molecular weight is 417 g/mol. The third-order valence-corrected chi connectivity index (χ3v) is 6.25. The maximum Gasteiger partial charge on any atom is 0.323 e. The van der Waals surface area contributed by atoms with E-state index in [1.54, 1.807) is 13.8 Å². The summed E-state index contributed by atoms with van der Waals surface area (Å²) in [5, 5.41) is 12.5. The van der Waals surface area contributed by atoms with E-state index >= 15 is 0 Å². The number of rotatable bonds is 9. The van der Waals surface area contributed by atoms with E-state index < -0.39 is 18.1 Å². The van der Waals surface area contributed by atoms with E-state index in [4.69, 9.17) is 4.74 Å². The normalized spacial score (nSPS) is 18.6. The molecule has 1 saturated carbocycles. The maximum atomic E-state index is 13.2. The van der Waals surface area contributed by atoms with Gasteiger partial charge >= 0.3 is 11.9 Å². The number of carbonyl (C=O) groups is 3. The lowest BCUT2D eigenvalue weighted by Crippen LogP contribution is -2.56. The Morgan fingerprint density at radius 3 is 2.30 bits per heavy atom. The van der Waals surface area contributed by atoms with Crippen LogP contribution in [0.2, 0.25) is 0 Å². The molecule has 2 N–H and O–H groups in total. The van der Waals surface area contributed by atoms with E-state index in [-0.39, 0.29) is 37.0 Å². The number of ether oxygens (including phenoxy) is 1. The minimum Gasteiger partial charge on any atom is -0.480 e. The summed E-state index contributed by atoms with van der Waals surface area (Å²) in [4.78, 5) is 38.7. The van der Waals surface area contributed by atoms with Gasteiger partial charge in [-0.25, -0.2) is 0 Å². The molecule has 0 spiro atoms. The Labute approximate surface area is 177 Å². The number of carboxylic acid groups (broad SMARTS) is 1. The molecule has 7 nitrogen and oxygen atoms in total. The largest absolute Gasteiger partial charge is 0.480 e. The fourth-order valence-electron chi connectivity index (χ4n) is 4.80. The van der Waals surface area contributed by atoms with Gasteiger partial charge in [-0.1, -0.05) is 37.1 Å². The van der Waals surface area contributed by atoms with Crippen molar-refractivity contribution >= 4 is 17.8 Å². The fourth-order valence-corrected chi connectivity index (χ4v) is 4.80. The summed E-state index contributed by atoms with van der Waals surface area (Å²) in [5.74, 6) is -1.65. The second-order valence-electron chi connectivity index (χ2n) is 8.35. The van der Waals surface area contributed by atoms with Crippen LogP contribution in [-0.2, 0) is 32.0 Å². The number of carbonyl (C=O) groups excluding carboxylic acids is 2. The zero-order valence-corrected chi connectivity index (χ0v) is 17.8. The van der Waals surface area contributed by atoms with Crippen molar-refractivity contribution < 1.29 is 24.2 Å². The standard InChI is InChI=1S/C23H32N2O5/c1-3-30-23(29)21(18-12-16-8-4-5-9-17(16)13-18)24-15(2)22(28)25(14-20(26)27)19-10-6-7-11-19/h4-5,8-9,15,18-19,21,24H,3,6-7,10-14H2,1-2H3,(H,26,27)/t15-,21-/m0/s1. The van der Waals surface area contributed by atoms with E-state index in [1.807, 2.05) is 12.1 Å². The maximum absolute atomic E-state index is 13.2. The molecule has 0 saturated heterocycles. The van der Waals surface area contributed by atoms with Gasteiger partial charge in [-0.15, -0.1) is 0 Å². The SMILES string of the molecule is CCOC(=O)[C@@H](N[C@@H](C)C(=O)N(CC(=O)O)C1CCCC1)C1Cc2ccccc2C1. The Balaban J connectivity index is 1.73. The smallest absolute Gasteiger partial charge is 0.323 e. The summed E-state index contributed by atoms with van der Waals surface area (Å²) in [6.45, 7) is 3.43. The van der Waals surface area contributed by atoms with Crippen molar-refractivity contribution in [3.05, 3.63) is 35.4 Å². The van der Waals surface area contributed by atoms with Crippen molar-refractivity contribution in [2.75, 3.05) is 13.2 Å². The first kappa shape index (κ1) is 22.3. The first-order valence-electron chi connectivity index (χ1n) is 10.9. The molecule has 1 fully saturated rings. The lowest BCUT2D eigenvalue weighted by molar-refractivity contribution is -0.150. The van der Waals surface area contributed by atoms with Crippen LogP contribution in [0.4, 0.5) is 0 Å². The molecule has 1 aromatic carbocycles. The first-order valence-corrected chi connectivity index (χ1v) is 10.9. The second kappa shape index (κ2) is 10.1. The number of fused-ring (bicyclic) bond motifs is 1. The van der Waals surface area contributed by atoms with Crippen LogP contribution in [0.15, 0.2) is 24.3 Å². The molecule has 7 heteroatoms. The summed E-state index contributed by atoms with van der Waals surface area (Å²) in [7, 11) is 0. The highest BCUT2D eigenvalue weighted by Crippen LogP contribution is 2.30. The van der Waals surface area contributed by atoms with E-state index in [2.05, 4.69) is 17.4 Å². The predicted octanol–water partition coefficient (Wildman–Crippen LogP) is 2.17. The van der Waals surface area contributed by atoms with Crippen molar-refractivity contribution in [1.82, 2.24) is 10.2 Å².